The summed E-state index contributed by atoms with van der Waals surface area (Å²) in [5, 5.41) is 11.8. The fourth-order valence-corrected chi connectivity index (χ4v) is 2.92. The van der Waals surface area contributed by atoms with E-state index in [-0.39, 0.29) is 6.42 Å². The lowest BCUT2D eigenvalue weighted by atomic mass is 10.1. The average Bonchev–Trinajstić information content (AvgIpc) is 2.75. The quantitative estimate of drug-likeness (QED) is 0.452. The number of rotatable bonds is 8. The van der Waals surface area contributed by atoms with Crippen LogP contribution in [0.4, 0.5) is 4.79 Å². The van der Waals surface area contributed by atoms with E-state index in [0.29, 0.717) is 17.2 Å². The standard InChI is InChI=1S/C26H27NO6/c1-26(2,3)33-25(30)27-23(24(28)29)17-18-9-11-20(12-10-18)32-22-15-13-21(14-16-22)31-19-7-5-4-6-8-19/h4-16,23H,17H2,1-3H3,(H,27,30)(H,28,29)/t23-/m0/s1. The van der Waals surface area contributed by atoms with Gasteiger partial charge in [-0.2, -0.15) is 0 Å². The topological polar surface area (TPSA) is 94.1 Å². The van der Waals surface area contributed by atoms with Crippen LogP contribution in [0.3, 0.4) is 0 Å². The molecule has 7 heteroatoms. The number of ether oxygens (including phenoxy) is 3. The van der Waals surface area contributed by atoms with Crippen LogP contribution in [0.15, 0.2) is 78.9 Å². The summed E-state index contributed by atoms with van der Waals surface area (Å²) in [7, 11) is 0. The zero-order chi connectivity index (χ0) is 23.8. The number of aliphatic carboxylic acids is 1. The molecule has 0 radical (unpaired) electrons. The Morgan fingerprint density at radius 2 is 1.24 bits per heavy atom. The molecule has 172 valence electrons. The minimum absolute atomic E-state index is 0.111. The van der Waals surface area contributed by atoms with Crippen molar-refractivity contribution < 1.29 is 28.9 Å². The van der Waals surface area contributed by atoms with Gasteiger partial charge >= 0.3 is 12.1 Å². The van der Waals surface area contributed by atoms with Gasteiger partial charge in [-0.05, 0) is 74.9 Å². The Balaban J connectivity index is 1.56. The SMILES string of the molecule is CC(C)(C)OC(=O)N[C@@H](Cc1ccc(Oc2ccc(Oc3ccccc3)cc2)cc1)C(=O)O. The molecule has 3 rings (SSSR count). The van der Waals surface area contributed by atoms with Crippen LogP contribution in [0.2, 0.25) is 0 Å². The van der Waals surface area contributed by atoms with Crippen molar-refractivity contribution in [2.24, 2.45) is 0 Å². The lowest BCUT2D eigenvalue weighted by molar-refractivity contribution is -0.139. The molecule has 0 heterocycles. The minimum atomic E-state index is -1.14. The molecule has 0 unspecified atom stereocenters. The molecule has 0 saturated heterocycles. The van der Waals surface area contributed by atoms with Gasteiger partial charge in [0.25, 0.3) is 0 Å². The number of para-hydroxylation sites is 1. The Labute approximate surface area is 192 Å². The first-order valence-corrected chi connectivity index (χ1v) is 10.5. The normalized spacial score (nSPS) is 11.8. The van der Waals surface area contributed by atoms with E-state index < -0.39 is 23.7 Å². The Bertz CT molecular complexity index is 1060. The second kappa shape index (κ2) is 10.5. The summed E-state index contributed by atoms with van der Waals surface area (Å²) in [4.78, 5) is 23.5. The van der Waals surface area contributed by atoms with Crippen molar-refractivity contribution in [3.8, 4) is 23.0 Å². The van der Waals surface area contributed by atoms with Crippen molar-refractivity contribution in [3.63, 3.8) is 0 Å². The highest BCUT2D eigenvalue weighted by molar-refractivity contribution is 5.80. The highest BCUT2D eigenvalue weighted by Crippen LogP contribution is 2.27. The summed E-state index contributed by atoms with van der Waals surface area (Å²) in [5.41, 5.74) is 0.0234. The molecule has 1 atom stereocenters. The molecule has 2 N–H and O–H groups in total. The Kier molecular flexibility index (Phi) is 7.56. The lowest BCUT2D eigenvalue weighted by Crippen LogP contribution is -2.44. The van der Waals surface area contributed by atoms with Crippen molar-refractivity contribution in [1.29, 1.82) is 0 Å². The average molecular weight is 450 g/mol. The van der Waals surface area contributed by atoms with E-state index >= 15 is 0 Å². The van der Waals surface area contributed by atoms with Crippen molar-refractivity contribution in [2.45, 2.75) is 38.8 Å². The van der Waals surface area contributed by atoms with Gasteiger partial charge in [-0.25, -0.2) is 9.59 Å². The number of carbonyl (C=O) groups excluding carboxylic acids is 1. The molecule has 3 aromatic rings. The van der Waals surface area contributed by atoms with Gasteiger partial charge in [0.1, 0.15) is 34.6 Å². The van der Waals surface area contributed by atoms with Crippen LogP contribution in [0.25, 0.3) is 0 Å². The maximum Gasteiger partial charge on any atom is 0.408 e. The van der Waals surface area contributed by atoms with Crippen molar-refractivity contribution in [1.82, 2.24) is 5.32 Å². The van der Waals surface area contributed by atoms with E-state index in [1.807, 2.05) is 42.5 Å². The summed E-state index contributed by atoms with van der Waals surface area (Å²) in [5.74, 6) is 1.54. The van der Waals surface area contributed by atoms with Gasteiger partial charge in [0.2, 0.25) is 0 Å². The fourth-order valence-electron chi connectivity index (χ4n) is 2.92. The predicted octanol–water partition coefficient (Wildman–Crippen LogP) is 5.79. The maximum atomic E-state index is 11.9. The van der Waals surface area contributed by atoms with Crippen LogP contribution in [-0.4, -0.2) is 28.8 Å². The second-order valence-electron chi connectivity index (χ2n) is 8.37. The minimum Gasteiger partial charge on any atom is -0.480 e. The summed E-state index contributed by atoms with van der Waals surface area (Å²) >= 11 is 0. The van der Waals surface area contributed by atoms with Gasteiger partial charge in [-0.15, -0.1) is 0 Å². The van der Waals surface area contributed by atoms with Crippen LogP contribution >= 0.6 is 0 Å². The van der Waals surface area contributed by atoms with E-state index in [0.717, 1.165) is 11.3 Å². The maximum absolute atomic E-state index is 11.9. The Hall–Kier alpha value is -4.00. The number of carboxylic acids is 1. The molecule has 0 fully saturated rings. The molecule has 3 aromatic carbocycles. The Morgan fingerprint density at radius 1 is 0.788 bits per heavy atom. The van der Waals surface area contributed by atoms with Gasteiger partial charge in [-0.1, -0.05) is 30.3 Å². The van der Waals surface area contributed by atoms with Crippen LogP contribution < -0.4 is 14.8 Å². The number of amides is 1. The second-order valence-corrected chi connectivity index (χ2v) is 8.37. The number of nitrogens with one attached hydrogen (secondary N) is 1. The molecular weight excluding hydrogens is 422 g/mol. The first-order valence-electron chi connectivity index (χ1n) is 10.5. The zero-order valence-corrected chi connectivity index (χ0v) is 18.8. The van der Waals surface area contributed by atoms with Gasteiger partial charge in [0.15, 0.2) is 0 Å². The predicted molar refractivity (Wildman–Crippen MR) is 124 cm³/mol. The first-order chi connectivity index (χ1) is 15.7. The molecule has 0 spiro atoms. The molecule has 1 amide bonds. The number of carbonyl (C=O) groups is 2. The van der Waals surface area contributed by atoms with Crippen LogP contribution in [0.5, 0.6) is 23.0 Å². The summed E-state index contributed by atoms with van der Waals surface area (Å²) < 4.78 is 16.8. The third-order valence-corrected chi connectivity index (χ3v) is 4.39. The molecule has 0 aliphatic carbocycles. The third-order valence-electron chi connectivity index (χ3n) is 4.39. The van der Waals surface area contributed by atoms with Gasteiger partial charge in [0.05, 0.1) is 0 Å². The first kappa shape index (κ1) is 23.7. The third kappa shape index (κ3) is 7.88. The smallest absolute Gasteiger partial charge is 0.408 e. The van der Waals surface area contributed by atoms with E-state index in [2.05, 4.69) is 5.32 Å². The summed E-state index contributed by atoms with van der Waals surface area (Å²) in [6, 6.07) is 22.6. The van der Waals surface area contributed by atoms with E-state index in [1.165, 1.54) is 0 Å². The molecule has 7 nitrogen and oxygen atoms in total. The van der Waals surface area contributed by atoms with Gasteiger partial charge in [-0.3, -0.25) is 0 Å². The molecule has 0 bridgehead atoms. The highest BCUT2D eigenvalue weighted by atomic mass is 16.6. The largest absolute Gasteiger partial charge is 0.480 e. The monoisotopic (exact) mass is 449 g/mol. The molecule has 0 aliphatic heterocycles. The molecular formula is C26H27NO6. The van der Waals surface area contributed by atoms with Crippen molar-refractivity contribution in [3.05, 3.63) is 84.4 Å². The number of hydrogen-bond acceptors (Lipinski definition) is 5. The number of carboxylic acid groups (broad SMARTS) is 1. The number of alkyl carbamates (subject to hydrolysis) is 1. The Morgan fingerprint density at radius 3 is 1.70 bits per heavy atom. The van der Waals surface area contributed by atoms with E-state index in [1.54, 1.807) is 57.2 Å². The van der Waals surface area contributed by atoms with Crippen LogP contribution in [0.1, 0.15) is 26.3 Å². The van der Waals surface area contributed by atoms with Crippen LogP contribution in [-0.2, 0) is 16.0 Å². The molecule has 0 saturated carbocycles. The molecule has 0 aliphatic rings. The van der Waals surface area contributed by atoms with Crippen molar-refractivity contribution in [2.75, 3.05) is 0 Å². The van der Waals surface area contributed by atoms with Crippen LogP contribution in [0, 0.1) is 0 Å². The number of hydrogen-bond donors (Lipinski definition) is 2. The number of benzene rings is 3. The molecule has 33 heavy (non-hydrogen) atoms. The summed E-state index contributed by atoms with van der Waals surface area (Å²) in [6.45, 7) is 5.14. The van der Waals surface area contributed by atoms with Gasteiger partial charge < -0.3 is 24.6 Å². The van der Waals surface area contributed by atoms with E-state index in [4.69, 9.17) is 14.2 Å². The van der Waals surface area contributed by atoms with E-state index in [9.17, 15) is 14.7 Å². The molecule has 0 aromatic heterocycles. The van der Waals surface area contributed by atoms with Crippen molar-refractivity contribution >= 4 is 12.1 Å². The summed E-state index contributed by atoms with van der Waals surface area (Å²) in [6.07, 6.45) is -0.657. The van der Waals surface area contributed by atoms with Gasteiger partial charge in [0, 0.05) is 6.42 Å². The zero-order valence-electron chi connectivity index (χ0n) is 18.8. The lowest BCUT2D eigenvalue weighted by Gasteiger charge is -2.22. The highest BCUT2D eigenvalue weighted by Gasteiger charge is 2.24. The fraction of sp³-hybridized carbons (Fsp3) is 0.231.